The van der Waals surface area contributed by atoms with Crippen LogP contribution in [0.25, 0.3) is 0 Å². The average molecular weight is 135 g/mol. The summed E-state index contributed by atoms with van der Waals surface area (Å²) in [5.41, 5.74) is -0.0727. The van der Waals surface area contributed by atoms with E-state index in [9.17, 15) is 4.55 Å². The Morgan fingerprint density at radius 3 is 2.38 bits per heavy atom. The maximum absolute atomic E-state index is 10.1. The van der Waals surface area contributed by atoms with Crippen molar-refractivity contribution in [3.05, 3.63) is 0 Å². The van der Waals surface area contributed by atoms with E-state index in [4.69, 9.17) is 1.12 Å². The Balaban J connectivity index is 3.71. The Morgan fingerprint density at radius 1 is 1.75 bits per heavy atom. The summed E-state index contributed by atoms with van der Waals surface area (Å²) in [5.74, 6) is 0. The molecule has 0 saturated heterocycles. The van der Waals surface area contributed by atoms with E-state index in [1.165, 1.54) is 6.21 Å². The van der Waals surface area contributed by atoms with Gasteiger partial charge in [-0.3, -0.25) is 0 Å². The lowest BCUT2D eigenvalue weighted by atomic mass is 10.00. The molecule has 2 nitrogen and oxygen atoms in total. The van der Waals surface area contributed by atoms with E-state index >= 15 is 0 Å². The van der Waals surface area contributed by atoms with Gasteiger partial charge in [0, 0.05) is 5.41 Å². The molecule has 0 aliphatic rings. The zero-order chi connectivity index (χ0) is 7.49. The quantitative estimate of drug-likeness (QED) is 0.300. The largest absolute Gasteiger partial charge is 0.593 e. The van der Waals surface area contributed by atoms with Crippen molar-refractivity contribution in [1.29, 1.82) is 1.12 Å². The molecule has 0 spiro atoms. The summed E-state index contributed by atoms with van der Waals surface area (Å²) in [7, 11) is 0. The van der Waals surface area contributed by atoms with Crippen molar-refractivity contribution in [2.45, 2.75) is 20.8 Å². The molecule has 0 radical (unpaired) electrons. The van der Waals surface area contributed by atoms with Crippen LogP contribution in [0.3, 0.4) is 0 Å². The highest BCUT2D eigenvalue weighted by Gasteiger charge is 2.04. The van der Waals surface area contributed by atoms with Crippen LogP contribution in [0, 0.1) is 5.41 Å². The molecule has 0 rings (SSSR count). The van der Waals surface area contributed by atoms with Crippen molar-refractivity contribution in [3.63, 3.8) is 0 Å². The van der Waals surface area contributed by atoms with E-state index in [1.54, 1.807) is 0 Å². The van der Waals surface area contributed by atoms with Gasteiger partial charge in [-0.05, 0) is 0 Å². The Hall–Kier alpha value is -0.0200. The SMILES string of the molecule is [3H][S@+]([O-])/N=C/C(C)(C)C. The highest BCUT2D eigenvalue weighted by molar-refractivity contribution is 7.71. The van der Waals surface area contributed by atoms with Gasteiger partial charge in [-0.25, -0.2) is 0 Å². The van der Waals surface area contributed by atoms with Gasteiger partial charge >= 0.3 is 1.12 Å². The molecule has 0 aromatic carbocycles. The number of nitrogens with zero attached hydrogens (tertiary/aromatic N) is 1. The Bertz CT molecular complexity index is 108. The molecule has 3 heteroatoms. The summed E-state index contributed by atoms with van der Waals surface area (Å²) < 4.78 is 20.0. The monoisotopic (exact) mass is 135 g/mol. The van der Waals surface area contributed by atoms with Crippen molar-refractivity contribution in [1.82, 2.24) is 0 Å². The summed E-state index contributed by atoms with van der Waals surface area (Å²) in [6.07, 6.45) is 1.52. The summed E-state index contributed by atoms with van der Waals surface area (Å²) in [6.45, 7) is 5.80. The average Bonchev–Trinajstić information content (AvgIpc) is 1.59. The van der Waals surface area contributed by atoms with Crippen LogP contribution in [-0.2, 0) is 12.1 Å². The molecular formula is C5H11NOS. The maximum atomic E-state index is 10.1. The minimum Gasteiger partial charge on any atom is -0.593 e. The van der Waals surface area contributed by atoms with E-state index in [2.05, 4.69) is 4.40 Å². The van der Waals surface area contributed by atoms with E-state index in [0.29, 0.717) is 0 Å². The number of hydrogen-bond acceptors (Lipinski definition) is 2. The summed E-state index contributed by atoms with van der Waals surface area (Å²) in [4.78, 5) is 0. The maximum Gasteiger partial charge on any atom is 0.392 e. The molecule has 0 amide bonds. The molecule has 0 aliphatic heterocycles. The second kappa shape index (κ2) is 3.10. The first-order valence-corrected chi connectivity index (χ1v) is 3.09. The van der Waals surface area contributed by atoms with Crippen molar-refractivity contribution < 1.29 is 4.55 Å². The van der Waals surface area contributed by atoms with Crippen LogP contribution >= 0.6 is 0 Å². The Labute approximate surface area is 55.4 Å². The van der Waals surface area contributed by atoms with Crippen LogP contribution in [0.4, 0.5) is 0 Å². The highest BCUT2D eigenvalue weighted by atomic mass is 32.2. The van der Waals surface area contributed by atoms with E-state index in [1.807, 2.05) is 20.8 Å². The molecule has 0 N–H and O–H groups in total. The lowest BCUT2D eigenvalue weighted by Gasteiger charge is -2.06. The second-order valence-corrected chi connectivity index (χ2v) is 3.03. The Kier molecular flexibility index (Phi) is 2.36. The molecule has 48 valence electrons. The van der Waals surface area contributed by atoms with Gasteiger partial charge in [-0.15, -0.1) is 0 Å². The summed E-state index contributed by atoms with van der Waals surface area (Å²) in [5, 5.41) is 0. The second-order valence-electron chi connectivity index (χ2n) is 2.68. The van der Waals surface area contributed by atoms with Gasteiger partial charge in [-0.2, -0.15) is 0 Å². The van der Waals surface area contributed by atoms with E-state index in [0.717, 1.165) is 0 Å². The third kappa shape index (κ3) is 5.98. The zero-order valence-electron chi connectivity index (χ0n) is 6.34. The van der Waals surface area contributed by atoms with Crippen molar-refractivity contribution in [3.8, 4) is 0 Å². The number of thiol groups is 1. The van der Waals surface area contributed by atoms with Crippen LogP contribution < -0.4 is 0 Å². The molecular weight excluding hydrogens is 122 g/mol. The lowest BCUT2D eigenvalue weighted by Crippen LogP contribution is -2.05. The van der Waals surface area contributed by atoms with E-state index in [-0.39, 0.29) is 5.41 Å². The van der Waals surface area contributed by atoms with Gasteiger partial charge in [0.1, 0.15) is 0 Å². The number of rotatable bonds is 1. The summed E-state index contributed by atoms with van der Waals surface area (Å²) in [6, 6.07) is 0. The van der Waals surface area contributed by atoms with Gasteiger partial charge in [0.05, 0.1) is 18.3 Å². The fourth-order valence-corrected chi connectivity index (χ4v) is 0.539. The lowest BCUT2D eigenvalue weighted by molar-refractivity contribution is 0.600. The standard InChI is InChI=1S/C5H11NOS/c1-5(2,3)4-6-8-7/h4,8H,1-3H3/b6-4+/i8T. The zero-order valence-corrected chi connectivity index (χ0v) is 6.16. The first-order valence-electron chi connectivity index (χ1n) is 2.80. The third-order valence-electron chi connectivity index (χ3n) is 0.483. The van der Waals surface area contributed by atoms with Crippen LogP contribution in [0.2, 0.25) is 0 Å². The van der Waals surface area contributed by atoms with Crippen molar-refractivity contribution in [2.24, 2.45) is 9.81 Å². The molecule has 0 aliphatic carbocycles. The smallest absolute Gasteiger partial charge is 0.392 e. The van der Waals surface area contributed by atoms with Crippen LogP contribution in [-0.4, -0.2) is 11.9 Å². The van der Waals surface area contributed by atoms with Crippen LogP contribution in [0.5, 0.6) is 0 Å². The normalized spacial score (nSPS) is 18.8. The molecule has 0 heterocycles. The van der Waals surface area contributed by atoms with Crippen molar-refractivity contribution in [2.75, 3.05) is 0 Å². The predicted molar refractivity (Wildman–Crippen MR) is 37.5 cm³/mol. The fourth-order valence-electron chi connectivity index (χ4n) is 0.180. The van der Waals surface area contributed by atoms with Gasteiger partial charge in [0.15, 0.2) is 0 Å². The first kappa shape index (κ1) is 6.11. The minimum absolute atomic E-state index is 0.0727. The van der Waals surface area contributed by atoms with Gasteiger partial charge in [-0.1, -0.05) is 25.2 Å². The third-order valence-corrected chi connectivity index (χ3v) is 0.675. The van der Waals surface area contributed by atoms with Crippen molar-refractivity contribution >= 4 is 18.3 Å². The first-order chi connectivity index (χ1) is 3.92. The molecule has 0 fully saturated rings. The molecule has 0 aromatic heterocycles. The highest BCUT2D eigenvalue weighted by Crippen LogP contribution is 2.07. The van der Waals surface area contributed by atoms with Crippen LogP contribution in [0.15, 0.2) is 4.40 Å². The fraction of sp³-hybridized carbons (Fsp3) is 0.800. The predicted octanol–water partition coefficient (Wildman–Crippen LogP) is 0.964. The van der Waals surface area contributed by atoms with Gasteiger partial charge in [0.25, 0.3) is 0 Å². The number of hydrogen-bond donors (Lipinski definition) is 0. The Morgan fingerprint density at radius 2 is 2.25 bits per heavy atom. The summed E-state index contributed by atoms with van der Waals surface area (Å²) >= 11 is -1.79. The molecule has 0 saturated carbocycles. The van der Waals surface area contributed by atoms with Gasteiger partial charge < -0.3 is 4.55 Å². The van der Waals surface area contributed by atoms with E-state index < -0.39 is 12.1 Å². The molecule has 1 atom stereocenters. The van der Waals surface area contributed by atoms with Gasteiger partial charge in [0.2, 0.25) is 0 Å². The minimum atomic E-state index is -1.79. The molecule has 0 unspecified atom stereocenters. The molecule has 8 heavy (non-hydrogen) atoms. The van der Waals surface area contributed by atoms with Crippen LogP contribution in [0.1, 0.15) is 20.8 Å². The topological polar surface area (TPSA) is 35.4 Å². The molecule has 0 aromatic rings. The molecule has 0 bridgehead atoms.